The van der Waals surface area contributed by atoms with Crippen molar-refractivity contribution in [3.05, 3.63) is 29.3 Å². The smallest absolute Gasteiger partial charge is 0.281 e. The van der Waals surface area contributed by atoms with Gasteiger partial charge in [0.05, 0.1) is 39.0 Å². The standard InChI is InChI=1S/C17H23N5O2S/c1-3-16-19-20-17(25-16)18-15(23)12-21-8-10-22(11-9-21)13-6-4-5-7-14(13)24-2/h4-7H,3,8-12H2,1-2H3,(H,18,20,23)/p+1. The quantitative estimate of drug-likeness (QED) is 0.781. The number of carbonyl (C=O) groups excluding carboxylic acids is 1. The predicted octanol–water partition coefficient (Wildman–Crippen LogP) is 0.453. The van der Waals surface area contributed by atoms with E-state index in [0.29, 0.717) is 11.7 Å². The van der Waals surface area contributed by atoms with Crippen LogP contribution in [0.25, 0.3) is 0 Å². The van der Waals surface area contributed by atoms with Gasteiger partial charge in [-0.25, -0.2) is 0 Å². The molecule has 1 aliphatic heterocycles. The Morgan fingerprint density at radius 3 is 2.76 bits per heavy atom. The monoisotopic (exact) mass is 362 g/mol. The van der Waals surface area contributed by atoms with E-state index in [-0.39, 0.29) is 5.91 Å². The molecule has 134 valence electrons. The number of nitrogens with zero attached hydrogens (tertiary/aromatic N) is 3. The highest BCUT2D eigenvalue weighted by molar-refractivity contribution is 7.15. The van der Waals surface area contributed by atoms with Crippen molar-refractivity contribution in [1.29, 1.82) is 0 Å². The summed E-state index contributed by atoms with van der Waals surface area (Å²) in [6.45, 7) is 6.13. The highest BCUT2D eigenvalue weighted by Gasteiger charge is 2.24. The van der Waals surface area contributed by atoms with Gasteiger partial charge < -0.3 is 14.5 Å². The molecular weight excluding hydrogens is 338 g/mol. The van der Waals surface area contributed by atoms with E-state index in [1.165, 1.54) is 16.2 Å². The first-order valence-corrected chi connectivity index (χ1v) is 9.35. The summed E-state index contributed by atoms with van der Waals surface area (Å²) in [5, 5.41) is 12.4. The SMILES string of the molecule is CCc1nnc(NC(=O)C[NH+]2CCN(c3ccccc3OC)CC2)s1. The number of benzene rings is 1. The number of aryl methyl sites for hydroxylation is 1. The molecule has 1 aliphatic rings. The molecule has 1 saturated heterocycles. The second-order valence-corrected chi connectivity index (χ2v) is 7.05. The zero-order chi connectivity index (χ0) is 17.6. The highest BCUT2D eigenvalue weighted by Crippen LogP contribution is 2.27. The van der Waals surface area contributed by atoms with Crippen molar-refractivity contribution < 1.29 is 14.4 Å². The molecule has 0 bridgehead atoms. The van der Waals surface area contributed by atoms with Crippen LogP contribution in [0.15, 0.2) is 24.3 Å². The van der Waals surface area contributed by atoms with E-state index in [1.54, 1.807) is 7.11 Å². The van der Waals surface area contributed by atoms with E-state index >= 15 is 0 Å². The van der Waals surface area contributed by atoms with Gasteiger partial charge in [-0.3, -0.25) is 10.1 Å². The minimum Gasteiger partial charge on any atom is -0.495 e. The molecular formula is C17H24N5O2S+. The molecule has 0 aliphatic carbocycles. The minimum absolute atomic E-state index is 0.000422. The number of hydrogen-bond acceptors (Lipinski definition) is 6. The van der Waals surface area contributed by atoms with Crippen LogP contribution in [0.2, 0.25) is 0 Å². The van der Waals surface area contributed by atoms with Gasteiger partial charge >= 0.3 is 0 Å². The molecule has 0 atom stereocenters. The molecule has 1 fully saturated rings. The Hall–Kier alpha value is -2.19. The Morgan fingerprint density at radius 1 is 1.32 bits per heavy atom. The van der Waals surface area contributed by atoms with Crippen LogP contribution in [-0.4, -0.2) is 55.9 Å². The Labute approximate surface area is 151 Å². The summed E-state index contributed by atoms with van der Waals surface area (Å²) in [5.41, 5.74) is 1.12. The maximum absolute atomic E-state index is 12.2. The summed E-state index contributed by atoms with van der Waals surface area (Å²) >= 11 is 1.44. The van der Waals surface area contributed by atoms with Crippen molar-refractivity contribution in [2.75, 3.05) is 50.1 Å². The van der Waals surface area contributed by atoms with Gasteiger partial charge in [0.2, 0.25) is 5.13 Å². The predicted molar refractivity (Wildman–Crippen MR) is 98.7 cm³/mol. The van der Waals surface area contributed by atoms with E-state index in [9.17, 15) is 4.79 Å². The van der Waals surface area contributed by atoms with Crippen LogP contribution < -0.4 is 19.9 Å². The topological polar surface area (TPSA) is 71.8 Å². The first-order chi connectivity index (χ1) is 12.2. The number of piperazine rings is 1. The number of anilines is 2. The third-order valence-corrected chi connectivity index (χ3v) is 5.31. The second-order valence-electron chi connectivity index (χ2n) is 5.99. The Balaban J connectivity index is 1.49. The molecule has 1 amide bonds. The average molecular weight is 362 g/mol. The van der Waals surface area contributed by atoms with Crippen LogP contribution in [-0.2, 0) is 11.2 Å². The molecule has 0 radical (unpaired) electrons. The van der Waals surface area contributed by atoms with Gasteiger partial charge in [-0.1, -0.05) is 30.4 Å². The molecule has 0 unspecified atom stereocenters. The summed E-state index contributed by atoms with van der Waals surface area (Å²) in [4.78, 5) is 15.8. The summed E-state index contributed by atoms with van der Waals surface area (Å²) in [5.74, 6) is 0.895. The zero-order valence-corrected chi connectivity index (χ0v) is 15.4. The van der Waals surface area contributed by atoms with E-state index in [0.717, 1.165) is 49.0 Å². The molecule has 1 aromatic heterocycles. The summed E-state index contributed by atoms with van der Waals surface area (Å²) in [6, 6.07) is 8.06. The van der Waals surface area contributed by atoms with E-state index in [1.807, 2.05) is 25.1 Å². The fraction of sp³-hybridized carbons (Fsp3) is 0.471. The van der Waals surface area contributed by atoms with Crippen LogP contribution in [0.5, 0.6) is 5.75 Å². The van der Waals surface area contributed by atoms with Crippen LogP contribution in [0, 0.1) is 0 Å². The van der Waals surface area contributed by atoms with Gasteiger partial charge in [0.1, 0.15) is 10.8 Å². The van der Waals surface area contributed by atoms with Crippen molar-refractivity contribution in [3.63, 3.8) is 0 Å². The molecule has 2 N–H and O–H groups in total. The van der Waals surface area contributed by atoms with E-state index in [4.69, 9.17) is 4.74 Å². The maximum atomic E-state index is 12.2. The van der Waals surface area contributed by atoms with Crippen molar-refractivity contribution in [2.24, 2.45) is 0 Å². The summed E-state index contributed by atoms with van der Waals surface area (Å²) < 4.78 is 5.44. The van der Waals surface area contributed by atoms with Crippen LogP contribution in [0.1, 0.15) is 11.9 Å². The third kappa shape index (κ3) is 4.46. The molecule has 1 aromatic carbocycles. The van der Waals surface area contributed by atoms with Crippen LogP contribution in [0.3, 0.4) is 0 Å². The number of carbonyl (C=O) groups is 1. The number of para-hydroxylation sites is 2. The van der Waals surface area contributed by atoms with E-state index < -0.39 is 0 Å². The number of aromatic nitrogens is 2. The van der Waals surface area contributed by atoms with Gasteiger partial charge in [-0.2, -0.15) is 0 Å². The molecule has 3 rings (SSSR count). The maximum Gasteiger partial charge on any atom is 0.281 e. The number of ether oxygens (including phenoxy) is 1. The lowest BCUT2D eigenvalue weighted by Crippen LogP contribution is -3.15. The number of amides is 1. The molecule has 8 heteroatoms. The lowest BCUT2D eigenvalue weighted by Gasteiger charge is -2.33. The fourth-order valence-corrected chi connectivity index (χ4v) is 3.66. The Kier molecular flexibility index (Phi) is 5.83. The first-order valence-electron chi connectivity index (χ1n) is 8.53. The van der Waals surface area contributed by atoms with Crippen LogP contribution in [0.4, 0.5) is 10.8 Å². The van der Waals surface area contributed by atoms with Crippen molar-refractivity contribution in [3.8, 4) is 5.75 Å². The number of quaternary nitrogens is 1. The molecule has 0 saturated carbocycles. The number of hydrogen-bond donors (Lipinski definition) is 2. The molecule has 2 aromatic rings. The van der Waals surface area contributed by atoms with Crippen molar-refractivity contribution in [2.45, 2.75) is 13.3 Å². The van der Waals surface area contributed by atoms with E-state index in [2.05, 4.69) is 26.5 Å². The van der Waals surface area contributed by atoms with Crippen molar-refractivity contribution in [1.82, 2.24) is 10.2 Å². The number of nitrogens with one attached hydrogen (secondary N) is 2. The number of methoxy groups -OCH3 is 1. The molecule has 2 heterocycles. The average Bonchev–Trinajstić information content (AvgIpc) is 3.09. The van der Waals surface area contributed by atoms with Gasteiger partial charge in [-0.05, 0) is 18.6 Å². The minimum atomic E-state index is -0.000422. The Morgan fingerprint density at radius 2 is 2.08 bits per heavy atom. The van der Waals surface area contributed by atoms with Gasteiger partial charge in [0.25, 0.3) is 5.91 Å². The summed E-state index contributed by atoms with van der Waals surface area (Å²) in [7, 11) is 1.70. The Bertz CT molecular complexity index is 713. The van der Waals surface area contributed by atoms with Crippen molar-refractivity contribution >= 4 is 28.1 Å². The molecule has 7 nitrogen and oxygen atoms in total. The van der Waals surface area contributed by atoms with Crippen LogP contribution >= 0.6 is 11.3 Å². The second kappa shape index (κ2) is 8.26. The zero-order valence-electron chi connectivity index (χ0n) is 14.6. The molecule has 25 heavy (non-hydrogen) atoms. The summed E-state index contributed by atoms with van der Waals surface area (Å²) in [6.07, 6.45) is 0.837. The largest absolute Gasteiger partial charge is 0.495 e. The fourth-order valence-electron chi connectivity index (χ4n) is 2.97. The van der Waals surface area contributed by atoms with Gasteiger partial charge in [0, 0.05) is 0 Å². The van der Waals surface area contributed by atoms with Gasteiger partial charge in [-0.15, -0.1) is 10.2 Å². The third-order valence-electron chi connectivity index (χ3n) is 4.32. The van der Waals surface area contributed by atoms with Gasteiger partial charge in [0.15, 0.2) is 6.54 Å². The lowest BCUT2D eigenvalue weighted by atomic mass is 10.2. The normalized spacial score (nSPS) is 15.2. The first kappa shape index (κ1) is 17.6. The molecule has 0 spiro atoms. The lowest BCUT2D eigenvalue weighted by molar-refractivity contribution is -0.892. The number of rotatable bonds is 6. The highest BCUT2D eigenvalue weighted by atomic mass is 32.1.